The zero-order valence-electron chi connectivity index (χ0n) is 12.5. The molecule has 2 aromatic carbocycles. The number of nitrogens with two attached hydrogens (primary N) is 1. The summed E-state index contributed by atoms with van der Waals surface area (Å²) < 4.78 is 1.70. The molecule has 106 valence electrons. The lowest BCUT2D eigenvalue weighted by Crippen LogP contribution is -2.04. The Morgan fingerprint density at radius 2 is 1.57 bits per heavy atom. The van der Waals surface area contributed by atoms with E-state index in [0.717, 1.165) is 22.5 Å². The van der Waals surface area contributed by atoms with Crippen LogP contribution < -0.4 is 5.73 Å². The summed E-state index contributed by atoms with van der Waals surface area (Å²) in [6.45, 7) is 6.17. The lowest BCUT2D eigenvalue weighted by molar-refractivity contribution is 0.805. The minimum Gasteiger partial charge on any atom is -0.382 e. The van der Waals surface area contributed by atoms with Gasteiger partial charge in [-0.25, -0.2) is 0 Å². The fourth-order valence-corrected chi connectivity index (χ4v) is 2.43. The third-order valence-electron chi connectivity index (χ3n) is 3.61. The van der Waals surface area contributed by atoms with Crippen molar-refractivity contribution in [2.75, 3.05) is 5.73 Å². The highest BCUT2D eigenvalue weighted by Crippen LogP contribution is 2.26. The standard InChI is InChI=1S/C17H18N4/c1-11-4-7-14(8-5-11)16-17(18)21(20-19-16)15-9-6-12(2)10-13(15)3/h4-10H,18H2,1-3H3. The molecule has 0 bridgehead atoms. The number of nitrogens with zero attached hydrogens (tertiary/aromatic N) is 3. The Labute approximate surface area is 124 Å². The summed E-state index contributed by atoms with van der Waals surface area (Å²) in [5.74, 6) is 0.561. The van der Waals surface area contributed by atoms with E-state index in [9.17, 15) is 0 Å². The molecule has 0 fully saturated rings. The summed E-state index contributed by atoms with van der Waals surface area (Å²) in [5.41, 5.74) is 12.5. The predicted molar refractivity (Wildman–Crippen MR) is 85.4 cm³/mol. The highest BCUT2D eigenvalue weighted by atomic mass is 15.5. The maximum Gasteiger partial charge on any atom is 0.155 e. The zero-order chi connectivity index (χ0) is 15.0. The minimum absolute atomic E-state index is 0.561. The number of nitrogen functional groups attached to an aromatic ring is 1. The molecule has 0 amide bonds. The Morgan fingerprint density at radius 1 is 0.905 bits per heavy atom. The van der Waals surface area contributed by atoms with E-state index < -0.39 is 0 Å². The quantitative estimate of drug-likeness (QED) is 0.781. The molecule has 1 heterocycles. The number of benzene rings is 2. The molecule has 4 nitrogen and oxygen atoms in total. The van der Waals surface area contributed by atoms with Gasteiger partial charge in [0, 0.05) is 5.56 Å². The van der Waals surface area contributed by atoms with Crippen LogP contribution in [-0.4, -0.2) is 15.0 Å². The van der Waals surface area contributed by atoms with Crippen LogP contribution in [0.2, 0.25) is 0 Å². The van der Waals surface area contributed by atoms with Crippen LogP contribution in [0.4, 0.5) is 5.82 Å². The first kappa shape index (κ1) is 13.4. The van der Waals surface area contributed by atoms with Crippen molar-refractivity contribution < 1.29 is 0 Å². The van der Waals surface area contributed by atoms with Gasteiger partial charge in [0.1, 0.15) is 5.69 Å². The third-order valence-corrected chi connectivity index (χ3v) is 3.61. The summed E-state index contributed by atoms with van der Waals surface area (Å²) in [6.07, 6.45) is 0. The second-order valence-electron chi connectivity index (χ2n) is 5.39. The van der Waals surface area contributed by atoms with E-state index in [2.05, 4.69) is 43.2 Å². The molecule has 0 aliphatic heterocycles. The first-order valence-electron chi connectivity index (χ1n) is 6.92. The predicted octanol–water partition coefficient (Wildman–Crippen LogP) is 3.44. The topological polar surface area (TPSA) is 56.7 Å². The largest absolute Gasteiger partial charge is 0.382 e. The summed E-state index contributed by atoms with van der Waals surface area (Å²) in [4.78, 5) is 0. The van der Waals surface area contributed by atoms with E-state index in [0.29, 0.717) is 5.82 Å². The molecule has 1 aromatic heterocycles. The van der Waals surface area contributed by atoms with Crippen LogP contribution in [0.3, 0.4) is 0 Å². The summed E-state index contributed by atoms with van der Waals surface area (Å²) in [5, 5.41) is 8.46. The maximum atomic E-state index is 6.25. The normalized spacial score (nSPS) is 10.8. The molecule has 3 rings (SSSR count). The summed E-state index contributed by atoms with van der Waals surface area (Å²) in [6, 6.07) is 14.3. The van der Waals surface area contributed by atoms with Gasteiger partial charge in [0.15, 0.2) is 5.82 Å². The van der Waals surface area contributed by atoms with E-state index >= 15 is 0 Å². The highest BCUT2D eigenvalue weighted by Gasteiger charge is 2.14. The number of anilines is 1. The van der Waals surface area contributed by atoms with Gasteiger partial charge in [-0.1, -0.05) is 52.7 Å². The third kappa shape index (κ3) is 2.40. The lowest BCUT2D eigenvalue weighted by atomic mass is 10.1. The van der Waals surface area contributed by atoms with Gasteiger partial charge < -0.3 is 5.73 Å². The van der Waals surface area contributed by atoms with Crippen molar-refractivity contribution in [3.63, 3.8) is 0 Å². The smallest absolute Gasteiger partial charge is 0.155 e. The van der Waals surface area contributed by atoms with E-state index in [1.54, 1.807) is 4.68 Å². The second kappa shape index (κ2) is 5.05. The van der Waals surface area contributed by atoms with Gasteiger partial charge in [0.2, 0.25) is 0 Å². The number of aryl methyl sites for hydroxylation is 3. The average molecular weight is 278 g/mol. The van der Waals surface area contributed by atoms with Crippen molar-refractivity contribution in [3.8, 4) is 16.9 Å². The molecule has 0 aliphatic carbocycles. The molecule has 0 saturated carbocycles. The monoisotopic (exact) mass is 278 g/mol. The molecular formula is C17H18N4. The van der Waals surface area contributed by atoms with Crippen molar-refractivity contribution in [2.24, 2.45) is 0 Å². The van der Waals surface area contributed by atoms with Gasteiger partial charge in [-0.3, -0.25) is 0 Å². The van der Waals surface area contributed by atoms with Gasteiger partial charge >= 0.3 is 0 Å². The Kier molecular flexibility index (Phi) is 3.22. The van der Waals surface area contributed by atoms with Crippen LogP contribution in [0.5, 0.6) is 0 Å². The molecule has 3 aromatic rings. The van der Waals surface area contributed by atoms with Crippen molar-refractivity contribution >= 4 is 5.82 Å². The van der Waals surface area contributed by atoms with Crippen LogP contribution in [0.15, 0.2) is 42.5 Å². The number of rotatable bonds is 2. The number of aromatic nitrogens is 3. The molecule has 0 atom stereocenters. The summed E-state index contributed by atoms with van der Waals surface area (Å²) in [7, 11) is 0. The first-order chi connectivity index (χ1) is 10.1. The maximum absolute atomic E-state index is 6.25. The first-order valence-corrected chi connectivity index (χ1v) is 6.92. The molecule has 2 N–H and O–H groups in total. The molecular weight excluding hydrogens is 260 g/mol. The van der Waals surface area contributed by atoms with Crippen molar-refractivity contribution in [1.29, 1.82) is 0 Å². The van der Waals surface area contributed by atoms with Gasteiger partial charge in [0.05, 0.1) is 5.69 Å². The molecule has 21 heavy (non-hydrogen) atoms. The fraction of sp³-hybridized carbons (Fsp3) is 0.176. The summed E-state index contributed by atoms with van der Waals surface area (Å²) >= 11 is 0. The average Bonchev–Trinajstić information content (AvgIpc) is 2.82. The van der Waals surface area contributed by atoms with Crippen LogP contribution in [0.25, 0.3) is 16.9 Å². The fourth-order valence-electron chi connectivity index (χ4n) is 2.43. The van der Waals surface area contributed by atoms with Crippen molar-refractivity contribution in [3.05, 3.63) is 59.2 Å². The molecule has 0 aliphatic rings. The number of hydrogen-bond donors (Lipinski definition) is 1. The number of hydrogen-bond acceptors (Lipinski definition) is 3. The Balaban J connectivity index is 2.09. The molecule has 0 saturated heterocycles. The molecule has 0 unspecified atom stereocenters. The van der Waals surface area contributed by atoms with E-state index in [1.165, 1.54) is 11.1 Å². The Bertz CT molecular complexity index is 785. The van der Waals surface area contributed by atoms with Crippen molar-refractivity contribution in [2.45, 2.75) is 20.8 Å². The molecule has 0 spiro atoms. The Hall–Kier alpha value is -2.62. The zero-order valence-corrected chi connectivity index (χ0v) is 12.5. The second-order valence-corrected chi connectivity index (χ2v) is 5.39. The highest BCUT2D eigenvalue weighted by molar-refractivity contribution is 5.71. The van der Waals surface area contributed by atoms with E-state index in [-0.39, 0.29) is 0 Å². The van der Waals surface area contributed by atoms with E-state index in [1.807, 2.05) is 30.3 Å². The van der Waals surface area contributed by atoms with Crippen LogP contribution in [0, 0.1) is 20.8 Å². The van der Waals surface area contributed by atoms with E-state index in [4.69, 9.17) is 5.73 Å². The SMILES string of the molecule is Cc1ccc(-c2nnn(-c3ccc(C)cc3C)c2N)cc1. The van der Waals surface area contributed by atoms with Crippen LogP contribution in [-0.2, 0) is 0 Å². The molecule has 0 radical (unpaired) electrons. The van der Waals surface area contributed by atoms with Gasteiger partial charge in [-0.15, -0.1) is 5.10 Å². The van der Waals surface area contributed by atoms with Crippen molar-refractivity contribution in [1.82, 2.24) is 15.0 Å². The van der Waals surface area contributed by atoms with Crippen LogP contribution >= 0.6 is 0 Å². The van der Waals surface area contributed by atoms with Gasteiger partial charge in [-0.2, -0.15) is 4.68 Å². The minimum atomic E-state index is 0.561. The Morgan fingerprint density at radius 3 is 2.24 bits per heavy atom. The van der Waals surface area contributed by atoms with Gasteiger partial charge in [-0.05, 0) is 32.4 Å². The van der Waals surface area contributed by atoms with Gasteiger partial charge in [0.25, 0.3) is 0 Å². The van der Waals surface area contributed by atoms with Crippen LogP contribution in [0.1, 0.15) is 16.7 Å². The lowest BCUT2D eigenvalue weighted by Gasteiger charge is -2.08. The molecule has 4 heteroatoms.